The number of para-hydroxylation sites is 1. The van der Waals surface area contributed by atoms with E-state index < -0.39 is 17.7 Å². The van der Waals surface area contributed by atoms with Crippen LogP contribution in [0.3, 0.4) is 0 Å². The van der Waals surface area contributed by atoms with Crippen molar-refractivity contribution >= 4 is 29.8 Å². The molecule has 1 saturated carbocycles. The molecule has 170 valence electrons. The summed E-state index contributed by atoms with van der Waals surface area (Å²) in [6, 6.07) is 9.23. The van der Waals surface area contributed by atoms with Crippen LogP contribution in [0.2, 0.25) is 0 Å². The summed E-state index contributed by atoms with van der Waals surface area (Å²) in [7, 11) is 0. The number of carbonyl (C=O) groups is 1. The largest absolute Gasteiger partial charge is 0.573 e. The molecule has 8 nitrogen and oxygen atoms in total. The van der Waals surface area contributed by atoms with Crippen LogP contribution in [0.4, 0.5) is 24.7 Å². The lowest BCUT2D eigenvalue weighted by Crippen LogP contribution is -2.52. The number of anilines is 2. The number of alkyl halides is 3. The zero-order valence-corrected chi connectivity index (χ0v) is 17.2. The number of benzene rings is 1. The fourth-order valence-electron chi connectivity index (χ4n) is 3.65. The number of hydrogen-bond donors (Lipinski definition) is 4. The number of carbonyl (C=O) groups excluding carboxylic acids is 1. The lowest BCUT2D eigenvalue weighted by molar-refractivity contribution is -0.274. The Balaban J connectivity index is 1.69. The van der Waals surface area contributed by atoms with Crippen LogP contribution in [-0.4, -0.2) is 41.3 Å². The van der Waals surface area contributed by atoms with Crippen LogP contribution in [-0.2, 0) is 0 Å². The molecule has 2 unspecified atom stereocenters. The van der Waals surface area contributed by atoms with E-state index in [0.29, 0.717) is 17.1 Å². The van der Waals surface area contributed by atoms with Crippen LogP contribution in [0.5, 0.6) is 5.75 Å². The van der Waals surface area contributed by atoms with Gasteiger partial charge in [0.1, 0.15) is 11.6 Å². The van der Waals surface area contributed by atoms with Gasteiger partial charge in [-0.25, -0.2) is 4.98 Å². The Kier molecular flexibility index (Phi) is 6.96. The molecule has 4 N–H and O–H groups in total. The molecule has 2 aromatic rings. The molecule has 1 amide bonds. The summed E-state index contributed by atoms with van der Waals surface area (Å²) in [5.74, 6) is -0.314. The van der Waals surface area contributed by atoms with Crippen molar-refractivity contribution in [3.63, 3.8) is 0 Å². The minimum absolute atomic E-state index is 0.235. The first-order valence-electron chi connectivity index (χ1n) is 9.88. The summed E-state index contributed by atoms with van der Waals surface area (Å²) in [6.45, 7) is 1.94. The van der Waals surface area contributed by atoms with Gasteiger partial charge >= 0.3 is 6.36 Å². The number of amides is 1. The molecule has 1 aliphatic carbocycles. The molecule has 0 aliphatic heterocycles. The summed E-state index contributed by atoms with van der Waals surface area (Å²) >= 11 is 0. The van der Waals surface area contributed by atoms with Gasteiger partial charge in [-0.15, -0.1) is 13.2 Å². The average Bonchev–Trinajstić information content (AvgIpc) is 3.08. The Labute approximate surface area is 182 Å². The molecule has 1 aromatic carbocycles. The fraction of sp³-hybridized carbons (Fsp3) is 0.333. The number of aromatic nitrogens is 1. The van der Waals surface area contributed by atoms with Crippen molar-refractivity contribution in [2.24, 2.45) is 5.10 Å². The summed E-state index contributed by atoms with van der Waals surface area (Å²) in [6.07, 6.45) is 0.812. The quantitative estimate of drug-likeness (QED) is 0.358. The van der Waals surface area contributed by atoms with Gasteiger partial charge in [-0.2, -0.15) is 5.10 Å². The Morgan fingerprint density at radius 2 is 2.09 bits per heavy atom. The number of ether oxygens (including phenoxy) is 1. The van der Waals surface area contributed by atoms with Gasteiger partial charge in [0, 0.05) is 6.21 Å². The van der Waals surface area contributed by atoms with Gasteiger partial charge in [-0.1, -0.05) is 12.1 Å². The maximum absolute atomic E-state index is 13.0. The van der Waals surface area contributed by atoms with E-state index >= 15 is 0 Å². The molecule has 0 spiro atoms. The lowest BCUT2D eigenvalue weighted by Gasteiger charge is -2.34. The molecule has 0 saturated heterocycles. The van der Waals surface area contributed by atoms with Crippen LogP contribution in [0.25, 0.3) is 0 Å². The van der Waals surface area contributed by atoms with Gasteiger partial charge in [-0.3, -0.25) is 10.2 Å². The number of hydrazone groups is 1. The molecule has 3 rings (SSSR count). The van der Waals surface area contributed by atoms with Gasteiger partial charge in [0.25, 0.3) is 5.91 Å². The van der Waals surface area contributed by atoms with Gasteiger partial charge in [0.05, 0.1) is 35.2 Å². The zero-order valence-electron chi connectivity index (χ0n) is 17.2. The third-order valence-electron chi connectivity index (χ3n) is 5.15. The highest BCUT2D eigenvalue weighted by Gasteiger charge is 2.40. The van der Waals surface area contributed by atoms with Crippen LogP contribution in [0.15, 0.2) is 47.7 Å². The Bertz CT molecular complexity index is 980. The van der Waals surface area contributed by atoms with Crippen molar-refractivity contribution in [2.75, 3.05) is 10.7 Å². The van der Waals surface area contributed by atoms with Crippen molar-refractivity contribution in [1.29, 1.82) is 5.41 Å². The standard InChI is InChI=1S/C21H23F3N6O2/c1-20(29-18-9-8-14(13-26-18)32-21(22,23)24)10-4-7-17(20)28-19(31)15-5-2-3-6-16(15)30-27-12-11-25/h2-3,5-6,8-9,11-13,17,25,30H,4,7,10H2,1H3,(H,26,29)(H,28,31)/b25-11?,27-12-. The van der Waals surface area contributed by atoms with E-state index in [1.165, 1.54) is 18.3 Å². The van der Waals surface area contributed by atoms with E-state index in [-0.39, 0.29) is 11.9 Å². The second-order valence-corrected chi connectivity index (χ2v) is 7.49. The molecule has 1 aromatic heterocycles. The van der Waals surface area contributed by atoms with Crippen LogP contribution < -0.4 is 20.8 Å². The van der Waals surface area contributed by atoms with E-state index in [4.69, 9.17) is 5.41 Å². The van der Waals surface area contributed by atoms with E-state index in [9.17, 15) is 18.0 Å². The number of hydrogen-bond acceptors (Lipinski definition) is 7. The zero-order chi connectivity index (χ0) is 23.2. The topological polar surface area (TPSA) is 111 Å². The molecule has 1 fully saturated rings. The molecule has 0 radical (unpaired) electrons. The number of nitrogens with one attached hydrogen (secondary N) is 4. The molecule has 11 heteroatoms. The highest BCUT2D eigenvalue weighted by molar-refractivity contribution is 6.14. The van der Waals surface area contributed by atoms with Gasteiger partial charge < -0.3 is 20.8 Å². The van der Waals surface area contributed by atoms with Gasteiger partial charge in [-0.05, 0) is 50.5 Å². The summed E-state index contributed by atoms with van der Waals surface area (Å²) in [5.41, 5.74) is 3.09. The van der Waals surface area contributed by atoms with E-state index in [1.807, 2.05) is 6.92 Å². The highest BCUT2D eigenvalue weighted by Crippen LogP contribution is 2.34. The predicted octanol–water partition coefficient (Wildman–Crippen LogP) is 4.18. The summed E-state index contributed by atoms with van der Waals surface area (Å²) in [4.78, 5) is 17.0. The van der Waals surface area contributed by atoms with Crippen molar-refractivity contribution in [2.45, 2.75) is 44.1 Å². The van der Waals surface area contributed by atoms with Crippen LogP contribution >= 0.6 is 0 Å². The maximum Gasteiger partial charge on any atom is 0.573 e. The molecule has 0 bridgehead atoms. The monoisotopic (exact) mass is 448 g/mol. The Morgan fingerprint density at radius 1 is 1.31 bits per heavy atom. The van der Waals surface area contributed by atoms with E-state index in [2.05, 4.69) is 30.9 Å². The number of halogens is 3. The van der Waals surface area contributed by atoms with Crippen LogP contribution in [0, 0.1) is 5.41 Å². The fourth-order valence-corrected chi connectivity index (χ4v) is 3.65. The number of nitrogens with zero attached hydrogens (tertiary/aromatic N) is 2. The van der Waals surface area contributed by atoms with E-state index in [1.54, 1.807) is 24.3 Å². The number of pyridine rings is 1. The normalized spacial score (nSPS) is 20.7. The summed E-state index contributed by atoms with van der Waals surface area (Å²) < 4.78 is 40.8. The first-order chi connectivity index (χ1) is 15.2. The van der Waals surface area contributed by atoms with Crippen molar-refractivity contribution in [1.82, 2.24) is 10.3 Å². The molecular formula is C21H23F3N6O2. The summed E-state index contributed by atoms with van der Waals surface area (Å²) in [5, 5.41) is 17.1. The molecular weight excluding hydrogens is 425 g/mol. The predicted molar refractivity (Wildman–Crippen MR) is 115 cm³/mol. The average molecular weight is 448 g/mol. The Morgan fingerprint density at radius 3 is 2.78 bits per heavy atom. The highest BCUT2D eigenvalue weighted by atomic mass is 19.4. The molecule has 1 aliphatic rings. The van der Waals surface area contributed by atoms with Crippen molar-refractivity contribution in [3.8, 4) is 5.75 Å². The van der Waals surface area contributed by atoms with Gasteiger partial charge in [0.15, 0.2) is 0 Å². The van der Waals surface area contributed by atoms with Crippen molar-refractivity contribution < 1.29 is 22.7 Å². The lowest BCUT2D eigenvalue weighted by atomic mass is 9.95. The first kappa shape index (κ1) is 23.0. The SMILES string of the molecule is CC1(Nc2ccc(OC(F)(F)F)cn2)CCCC1NC(=O)c1ccccc1N/N=C\C=N. The van der Waals surface area contributed by atoms with E-state index in [0.717, 1.165) is 31.7 Å². The van der Waals surface area contributed by atoms with Crippen molar-refractivity contribution in [3.05, 3.63) is 48.2 Å². The Hall–Kier alpha value is -3.63. The molecule has 1 heterocycles. The van der Waals surface area contributed by atoms with Gasteiger partial charge in [0.2, 0.25) is 0 Å². The second kappa shape index (κ2) is 9.67. The first-order valence-corrected chi connectivity index (χ1v) is 9.88. The van der Waals surface area contributed by atoms with Crippen LogP contribution in [0.1, 0.15) is 36.5 Å². The molecule has 2 atom stereocenters. The third kappa shape index (κ3) is 5.96. The minimum Gasteiger partial charge on any atom is -0.404 e. The molecule has 32 heavy (non-hydrogen) atoms. The maximum atomic E-state index is 13.0. The smallest absolute Gasteiger partial charge is 0.404 e. The third-order valence-corrected chi connectivity index (χ3v) is 5.15. The second-order valence-electron chi connectivity index (χ2n) is 7.49. The number of rotatable bonds is 8. The minimum atomic E-state index is -4.78.